The molecule has 0 atom stereocenters. The Morgan fingerprint density at radius 3 is 2.72 bits per heavy atom. The molecule has 90 valence electrons. The molecule has 0 bridgehead atoms. The number of rotatable bonds is 3. The van der Waals surface area contributed by atoms with Gasteiger partial charge in [0, 0.05) is 0 Å². The maximum atomic E-state index is 11.5. The number of hydrogen-bond acceptors (Lipinski definition) is 4. The predicted molar refractivity (Wildman–Crippen MR) is 77.1 cm³/mol. The van der Waals surface area contributed by atoms with E-state index in [0.717, 1.165) is 5.56 Å². The van der Waals surface area contributed by atoms with Crippen molar-refractivity contribution in [3.05, 3.63) is 34.7 Å². The van der Waals surface area contributed by atoms with Crippen molar-refractivity contribution in [3.63, 3.8) is 0 Å². The minimum absolute atomic E-state index is 0.155. The van der Waals surface area contributed by atoms with Crippen LogP contribution in [0.3, 0.4) is 0 Å². The summed E-state index contributed by atoms with van der Waals surface area (Å²) >= 11 is 6.17. The van der Waals surface area contributed by atoms with Gasteiger partial charge in [-0.25, -0.2) is 0 Å². The van der Waals surface area contributed by atoms with Crippen molar-refractivity contribution < 1.29 is 9.53 Å². The van der Waals surface area contributed by atoms with Gasteiger partial charge in [0.15, 0.2) is 0 Å². The highest BCUT2D eigenvalue weighted by Gasteiger charge is 2.21. The van der Waals surface area contributed by atoms with Crippen LogP contribution in [-0.2, 0) is 4.79 Å². The van der Waals surface area contributed by atoms with Crippen LogP contribution in [0.4, 0.5) is 0 Å². The van der Waals surface area contributed by atoms with Crippen molar-refractivity contribution in [2.45, 2.75) is 0 Å². The molecule has 5 heteroatoms. The molecule has 1 aromatic rings. The van der Waals surface area contributed by atoms with Crippen LogP contribution < -0.4 is 10.1 Å². The Morgan fingerprint density at radius 2 is 2.17 bits per heavy atom. The molecule has 1 heterocycles. The van der Waals surface area contributed by atoms with Crippen molar-refractivity contribution in [2.24, 2.45) is 0 Å². The number of thioether (sulfide) groups is 1. The van der Waals surface area contributed by atoms with E-state index in [1.165, 1.54) is 11.8 Å². The van der Waals surface area contributed by atoms with E-state index in [4.69, 9.17) is 23.4 Å². The fourth-order valence-electron chi connectivity index (χ4n) is 1.36. The molecule has 1 N–H and O–H groups in total. The first-order chi connectivity index (χ1) is 8.69. The minimum atomic E-state index is -0.155. The van der Waals surface area contributed by atoms with Crippen molar-refractivity contribution in [1.82, 2.24) is 5.32 Å². The van der Waals surface area contributed by atoms with E-state index in [1.807, 2.05) is 12.1 Å². The Labute approximate surface area is 115 Å². The second-order valence-electron chi connectivity index (χ2n) is 3.41. The Hall–Kier alpha value is -1.77. The summed E-state index contributed by atoms with van der Waals surface area (Å²) in [6, 6.07) is 7.32. The van der Waals surface area contributed by atoms with Crippen LogP contribution in [0.1, 0.15) is 5.56 Å². The zero-order valence-corrected chi connectivity index (χ0v) is 10.9. The Balaban J connectivity index is 2.11. The van der Waals surface area contributed by atoms with Gasteiger partial charge in [-0.15, -0.1) is 6.42 Å². The molecule has 3 nitrogen and oxygen atoms in total. The zero-order valence-electron chi connectivity index (χ0n) is 9.30. The maximum Gasteiger partial charge on any atom is 0.263 e. The first-order valence-corrected chi connectivity index (χ1v) is 6.32. The molecule has 0 aliphatic carbocycles. The van der Waals surface area contributed by atoms with Crippen LogP contribution in [-0.4, -0.2) is 16.8 Å². The Morgan fingerprint density at radius 1 is 1.44 bits per heavy atom. The molecule has 1 saturated heterocycles. The molecule has 1 aliphatic rings. The van der Waals surface area contributed by atoms with E-state index < -0.39 is 0 Å². The maximum absolute atomic E-state index is 11.5. The Kier molecular flexibility index (Phi) is 4.03. The molecule has 0 aromatic heterocycles. The normalized spacial score (nSPS) is 16.5. The van der Waals surface area contributed by atoms with Crippen LogP contribution >= 0.6 is 24.0 Å². The SMILES string of the molecule is C#CCOc1ccc(/C=C2\SC(=S)NC2=O)cc1. The van der Waals surface area contributed by atoms with Gasteiger partial charge < -0.3 is 10.1 Å². The molecule has 0 radical (unpaired) electrons. The van der Waals surface area contributed by atoms with Gasteiger partial charge in [-0.2, -0.15) is 0 Å². The van der Waals surface area contributed by atoms with Crippen LogP contribution in [0, 0.1) is 12.3 Å². The third-order valence-corrected chi connectivity index (χ3v) is 3.30. The van der Waals surface area contributed by atoms with Gasteiger partial charge in [-0.05, 0) is 23.8 Å². The average Bonchev–Trinajstić information content (AvgIpc) is 2.67. The van der Waals surface area contributed by atoms with E-state index in [0.29, 0.717) is 15.0 Å². The van der Waals surface area contributed by atoms with E-state index >= 15 is 0 Å². The molecule has 18 heavy (non-hydrogen) atoms. The lowest BCUT2D eigenvalue weighted by Gasteiger charge is -2.02. The third-order valence-electron chi connectivity index (χ3n) is 2.14. The molecule has 1 amide bonds. The molecule has 0 unspecified atom stereocenters. The van der Waals surface area contributed by atoms with Crippen molar-refractivity contribution >= 4 is 40.3 Å². The molecule has 1 aliphatic heterocycles. The predicted octanol–water partition coefficient (Wildman–Crippen LogP) is 2.19. The molecule has 0 spiro atoms. The van der Waals surface area contributed by atoms with Crippen molar-refractivity contribution in [2.75, 3.05) is 6.61 Å². The van der Waals surface area contributed by atoms with E-state index in [1.54, 1.807) is 18.2 Å². The first kappa shape index (κ1) is 12.7. The third kappa shape index (κ3) is 3.13. The number of hydrogen-bond donors (Lipinski definition) is 1. The van der Waals surface area contributed by atoms with Crippen LogP contribution in [0.15, 0.2) is 29.2 Å². The molecule has 1 aromatic carbocycles. The highest BCUT2D eigenvalue weighted by molar-refractivity contribution is 8.26. The topological polar surface area (TPSA) is 38.3 Å². The quantitative estimate of drug-likeness (QED) is 0.521. The number of benzene rings is 1. The molecular weight excluding hydrogens is 266 g/mol. The lowest BCUT2D eigenvalue weighted by Crippen LogP contribution is -2.17. The summed E-state index contributed by atoms with van der Waals surface area (Å²) in [6.45, 7) is 0.243. The van der Waals surface area contributed by atoms with Crippen LogP contribution in [0.2, 0.25) is 0 Å². The van der Waals surface area contributed by atoms with Gasteiger partial charge in [0.05, 0.1) is 4.91 Å². The van der Waals surface area contributed by atoms with E-state index in [9.17, 15) is 4.79 Å². The summed E-state index contributed by atoms with van der Waals surface area (Å²) in [7, 11) is 0. The number of ether oxygens (including phenoxy) is 1. The number of carbonyl (C=O) groups is 1. The average molecular weight is 275 g/mol. The fraction of sp³-hybridized carbons (Fsp3) is 0.0769. The van der Waals surface area contributed by atoms with Crippen molar-refractivity contribution in [3.8, 4) is 18.1 Å². The highest BCUT2D eigenvalue weighted by atomic mass is 32.2. The lowest BCUT2D eigenvalue weighted by molar-refractivity contribution is -0.115. The standard InChI is InChI=1S/C13H9NO2S2/c1-2-7-16-10-5-3-9(4-6-10)8-11-12(15)14-13(17)18-11/h1,3-6,8H,7H2,(H,14,15,17)/b11-8-. The van der Waals surface area contributed by atoms with Gasteiger partial charge in [0.25, 0.3) is 5.91 Å². The molecular formula is C13H9NO2S2. The first-order valence-electron chi connectivity index (χ1n) is 5.10. The number of nitrogens with one attached hydrogen (secondary N) is 1. The molecule has 2 rings (SSSR count). The summed E-state index contributed by atoms with van der Waals surface area (Å²) in [5.41, 5.74) is 0.908. The fourth-order valence-corrected chi connectivity index (χ4v) is 2.40. The molecule has 0 saturated carbocycles. The van der Waals surface area contributed by atoms with E-state index in [2.05, 4.69) is 11.2 Å². The van der Waals surface area contributed by atoms with Gasteiger partial charge in [-0.3, -0.25) is 4.79 Å². The summed E-state index contributed by atoms with van der Waals surface area (Å²) in [4.78, 5) is 12.1. The minimum Gasteiger partial charge on any atom is -0.481 e. The monoisotopic (exact) mass is 275 g/mol. The highest BCUT2D eigenvalue weighted by Crippen LogP contribution is 2.26. The van der Waals surface area contributed by atoms with Gasteiger partial charge >= 0.3 is 0 Å². The number of carbonyl (C=O) groups excluding carboxylic acids is 1. The summed E-state index contributed by atoms with van der Waals surface area (Å²) in [5.74, 6) is 2.94. The van der Waals surface area contributed by atoms with Crippen LogP contribution in [0.5, 0.6) is 5.75 Å². The second-order valence-corrected chi connectivity index (χ2v) is 5.13. The van der Waals surface area contributed by atoms with Gasteiger partial charge in [0.2, 0.25) is 0 Å². The molecule has 1 fully saturated rings. The summed E-state index contributed by atoms with van der Waals surface area (Å²) < 4.78 is 5.74. The summed E-state index contributed by atoms with van der Waals surface area (Å²) in [6.07, 6.45) is 6.88. The Bertz CT molecular complexity index is 555. The number of thiocarbonyl (C=S) groups is 1. The van der Waals surface area contributed by atoms with Crippen LogP contribution in [0.25, 0.3) is 6.08 Å². The lowest BCUT2D eigenvalue weighted by atomic mass is 10.2. The summed E-state index contributed by atoms with van der Waals surface area (Å²) in [5, 5.41) is 2.57. The van der Waals surface area contributed by atoms with Crippen molar-refractivity contribution in [1.29, 1.82) is 0 Å². The largest absolute Gasteiger partial charge is 0.481 e. The zero-order chi connectivity index (χ0) is 13.0. The second kappa shape index (κ2) is 5.71. The van der Waals surface area contributed by atoms with Gasteiger partial charge in [-0.1, -0.05) is 42.0 Å². The van der Waals surface area contributed by atoms with E-state index in [-0.39, 0.29) is 12.5 Å². The van der Waals surface area contributed by atoms with Gasteiger partial charge in [0.1, 0.15) is 16.7 Å². The number of amides is 1. The number of terminal acetylenes is 1. The smallest absolute Gasteiger partial charge is 0.263 e.